The smallest absolute Gasteiger partial charge is 0.225 e. The number of carbonyl (C=O) groups is 1. The third-order valence-electron chi connectivity index (χ3n) is 6.19. The summed E-state index contributed by atoms with van der Waals surface area (Å²) < 4.78 is 11.3. The number of hydrogen-bond acceptors (Lipinski definition) is 6. The number of benzene rings is 2. The van der Waals surface area contributed by atoms with Crippen LogP contribution in [0.3, 0.4) is 0 Å². The van der Waals surface area contributed by atoms with E-state index < -0.39 is 0 Å². The standard InChI is InChI=1S/C28H34N4O3/c1-4-34-25-14-10-21(17-26(25)35-5-2)18-29-28(33)23-7-6-16-32(19-23)27-15-13-24(30-31-27)22-11-8-20(3)9-12-22/h8-15,17,23H,4-7,16,18-19H2,1-3H3,(H,29,33)/t23-/m0/s1. The van der Waals surface area contributed by atoms with Crippen molar-refractivity contribution in [2.45, 2.75) is 40.2 Å². The molecule has 1 fully saturated rings. The summed E-state index contributed by atoms with van der Waals surface area (Å²) in [6.45, 7) is 9.05. The fourth-order valence-corrected chi connectivity index (χ4v) is 4.31. The summed E-state index contributed by atoms with van der Waals surface area (Å²) in [4.78, 5) is 15.1. The molecule has 1 aromatic heterocycles. The fraction of sp³-hybridized carbons (Fsp3) is 0.393. The molecule has 0 saturated carbocycles. The van der Waals surface area contributed by atoms with E-state index in [0.717, 1.165) is 47.8 Å². The maximum atomic E-state index is 13.0. The van der Waals surface area contributed by atoms with Crippen LogP contribution in [0, 0.1) is 12.8 Å². The first kappa shape index (κ1) is 24.5. The molecular weight excluding hydrogens is 440 g/mol. The highest BCUT2D eigenvalue weighted by atomic mass is 16.5. The van der Waals surface area contributed by atoms with Gasteiger partial charge >= 0.3 is 0 Å². The molecule has 7 nitrogen and oxygen atoms in total. The number of hydrogen-bond donors (Lipinski definition) is 1. The fourth-order valence-electron chi connectivity index (χ4n) is 4.31. The van der Waals surface area contributed by atoms with Crippen LogP contribution in [0.2, 0.25) is 0 Å². The van der Waals surface area contributed by atoms with Crippen molar-refractivity contribution < 1.29 is 14.3 Å². The van der Waals surface area contributed by atoms with Crippen LogP contribution in [0.4, 0.5) is 5.82 Å². The van der Waals surface area contributed by atoms with Crippen molar-refractivity contribution in [3.05, 3.63) is 65.7 Å². The number of anilines is 1. The van der Waals surface area contributed by atoms with E-state index in [4.69, 9.17) is 9.47 Å². The lowest BCUT2D eigenvalue weighted by atomic mass is 9.97. The maximum absolute atomic E-state index is 13.0. The van der Waals surface area contributed by atoms with Crippen molar-refractivity contribution in [3.8, 4) is 22.8 Å². The molecular formula is C28H34N4O3. The lowest BCUT2D eigenvalue weighted by Gasteiger charge is -2.32. The van der Waals surface area contributed by atoms with E-state index in [0.29, 0.717) is 32.1 Å². The average Bonchev–Trinajstić information content (AvgIpc) is 2.89. The number of aromatic nitrogens is 2. The van der Waals surface area contributed by atoms with Crippen LogP contribution < -0.4 is 19.7 Å². The minimum absolute atomic E-state index is 0.0609. The Kier molecular flexibility index (Phi) is 8.19. The molecule has 1 aliphatic rings. The van der Waals surface area contributed by atoms with Gasteiger partial charge in [0.1, 0.15) is 0 Å². The van der Waals surface area contributed by atoms with Crippen LogP contribution in [0.5, 0.6) is 11.5 Å². The quantitative estimate of drug-likeness (QED) is 0.481. The average molecular weight is 475 g/mol. The van der Waals surface area contributed by atoms with E-state index >= 15 is 0 Å². The Morgan fingerprint density at radius 1 is 1.00 bits per heavy atom. The number of nitrogens with zero attached hydrogens (tertiary/aromatic N) is 3. The summed E-state index contributed by atoms with van der Waals surface area (Å²) in [5.41, 5.74) is 4.10. The number of nitrogens with one attached hydrogen (secondary N) is 1. The number of piperidine rings is 1. The summed E-state index contributed by atoms with van der Waals surface area (Å²) in [5, 5.41) is 12.0. The summed E-state index contributed by atoms with van der Waals surface area (Å²) in [7, 11) is 0. The largest absolute Gasteiger partial charge is 0.490 e. The first-order valence-electron chi connectivity index (χ1n) is 12.4. The first-order chi connectivity index (χ1) is 17.1. The normalized spacial score (nSPS) is 15.5. The van der Waals surface area contributed by atoms with Gasteiger partial charge in [-0.05, 0) is 63.4 Å². The van der Waals surface area contributed by atoms with Gasteiger partial charge in [-0.1, -0.05) is 35.9 Å². The van der Waals surface area contributed by atoms with Crippen LogP contribution in [0.1, 0.15) is 37.8 Å². The molecule has 1 saturated heterocycles. The van der Waals surface area contributed by atoms with Crippen molar-refractivity contribution in [1.29, 1.82) is 0 Å². The summed E-state index contributed by atoms with van der Waals surface area (Å²) in [5.74, 6) is 2.22. The van der Waals surface area contributed by atoms with Crippen LogP contribution >= 0.6 is 0 Å². The number of aryl methyl sites for hydroxylation is 1. The summed E-state index contributed by atoms with van der Waals surface area (Å²) >= 11 is 0. The Morgan fingerprint density at radius 3 is 2.49 bits per heavy atom. The second-order valence-electron chi connectivity index (χ2n) is 8.79. The monoisotopic (exact) mass is 474 g/mol. The molecule has 0 spiro atoms. The maximum Gasteiger partial charge on any atom is 0.225 e. The van der Waals surface area contributed by atoms with Gasteiger partial charge in [0, 0.05) is 25.2 Å². The molecule has 7 heteroatoms. The molecule has 1 aliphatic heterocycles. The molecule has 1 atom stereocenters. The summed E-state index contributed by atoms with van der Waals surface area (Å²) in [6.07, 6.45) is 1.81. The zero-order valence-corrected chi connectivity index (χ0v) is 20.8. The van der Waals surface area contributed by atoms with E-state index in [2.05, 4.69) is 51.6 Å². The van der Waals surface area contributed by atoms with Gasteiger partial charge in [0.25, 0.3) is 0 Å². The van der Waals surface area contributed by atoms with Crippen molar-refractivity contribution in [1.82, 2.24) is 15.5 Å². The van der Waals surface area contributed by atoms with Gasteiger partial charge in [-0.15, -0.1) is 10.2 Å². The van der Waals surface area contributed by atoms with Crippen molar-refractivity contribution in [2.75, 3.05) is 31.2 Å². The van der Waals surface area contributed by atoms with E-state index in [1.807, 2.05) is 44.2 Å². The molecule has 3 aromatic rings. The molecule has 35 heavy (non-hydrogen) atoms. The number of ether oxygens (including phenoxy) is 2. The molecule has 1 N–H and O–H groups in total. The topological polar surface area (TPSA) is 76.6 Å². The van der Waals surface area contributed by atoms with Crippen LogP contribution in [0.25, 0.3) is 11.3 Å². The number of amides is 1. The Bertz CT molecular complexity index is 1120. The van der Waals surface area contributed by atoms with Crippen molar-refractivity contribution >= 4 is 11.7 Å². The Hall–Kier alpha value is -3.61. The van der Waals surface area contributed by atoms with Crippen LogP contribution in [-0.2, 0) is 11.3 Å². The van der Waals surface area contributed by atoms with Gasteiger partial charge in [-0.3, -0.25) is 4.79 Å². The van der Waals surface area contributed by atoms with Gasteiger partial charge < -0.3 is 19.7 Å². The third-order valence-corrected chi connectivity index (χ3v) is 6.19. The zero-order valence-electron chi connectivity index (χ0n) is 20.8. The number of rotatable bonds is 9. The second kappa shape index (κ2) is 11.7. The van der Waals surface area contributed by atoms with Gasteiger partial charge in [-0.2, -0.15) is 0 Å². The lowest BCUT2D eigenvalue weighted by molar-refractivity contribution is -0.125. The SMILES string of the molecule is CCOc1ccc(CNC(=O)[C@H]2CCCN(c3ccc(-c4ccc(C)cc4)nn3)C2)cc1OCC. The van der Waals surface area contributed by atoms with E-state index in [1.165, 1.54) is 5.56 Å². The highest BCUT2D eigenvalue weighted by Crippen LogP contribution is 2.29. The Balaban J connectivity index is 1.35. The molecule has 0 bridgehead atoms. The molecule has 0 aliphatic carbocycles. The zero-order chi connectivity index (χ0) is 24.6. The summed E-state index contributed by atoms with van der Waals surface area (Å²) in [6, 6.07) is 18.1. The lowest BCUT2D eigenvalue weighted by Crippen LogP contribution is -2.43. The molecule has 184 valence electrons. The Morgan fingerprint density at radius 2 is 1.77 bits per heavy atom. The highest BCUT2D eigenvalue weighted by Gasteiger charge is 2.26. The van der Waals surface area contributed by atoms with Crippen LogP contribution in [0.15, 0.2) is 54.6 Å². The third kappa shape index (κ3) is 6.29. The highest BCUT2D eigenvalue weighted by molar-refractivity contribution is 5.79. The van der Waals surface area contributed by atoms with E-state index in [-0.39, 0.29) is 11.8 Å². The van der Waals surface area contributed by atoms with E-state index in [9.17, 15) is 4.79 Å². The first-order valence-corrected chi connectivity index (χ1v) is 12.4. The van der Waals surface area contributed by atoms with Gasteiger partial charge in [0.15, 0.2) is 17.3 Å². The number of carbonyl (C=O) groups excluding carboxylic acids is 1. The Labute approximate surface area is 207 Å². The van der Waals surface area contributed by atoms with Gasteiger partial charge in [0.2, 0.25) is 5.91 Å². The minimum Gasteiger partial charge on any atom is -0.490 e. The second-order valence-corrected chi connectivity index (χ2v) is 8.79. The molecule has 0 unspecified atom stereocenters. The predicted molar refractivity (Wildman–Crippen MR) is 138 cm³/mol. The van der Waals surface area contributed by atoms with Crippen LogP contribution in [-0.4, -0.2) is 42.4 Å². The van der Waals surface area contributed by atoms with E-state index in [1.54, 1.807) is 0 Å². The molecule has 0 radical (unpaired) electrons. The predicted octanol–water partition coefficient (Wildman–Crippen LogP) is 4.78. The molecule has 2 heterocycles. The van der Waals surface area contributed by atoms with Gasteiger partial charge in [-0.25, -0.2) is 0 Å². The molecule has 1 amide bonds. The minimum atomic E-state index is -0.0867. The van der Waals surface area contributed by atoms with Gasteiger partial charge in [0.05, 0.1) is 24.8 Å². The molecule has 4 rings (SSSR count). The molecule has 2 aromatic carbocycles. The van der Waals surface area contributed by atoms with Crippen molar-refractivity contribution in [3.63, 3.8) is 0 Å². The van der Waals surface area contributed by atoms with Crippen molar-refractivity contribution in [2.24, 2.45) is 5.92 Å².